The summed E-state index contributed by atoms with van der Waals surface area (Å²) in [5, 5.41) is 29.9. The molecular formula is C26H35N7O5S. The van der Waals surface area contributed by atoms with Gasteiger partial charge in [-0.3, -0.25) is 25.8 Å². The number of carbonyl (C=O) groups excluding carboxylic acids is 1. The van der Waals surface area contributed by atoms with E-state index in [9.17, 15) is 23.1 Å². The number of nitrogens with zero attached hydrogens (tertiary/aromatic N) is 1. The highest BCUT2D eigenvalue weighted by molar-refractivity contribution is 7.89. The van der Waals surface area contributed by atoms with Crippen LogP contribution in [0.1, 0.15) is 46.3 Å². The van der Waals surface area contributed by atoms with Gasteiger partial charge in [-0.05, 0) is 69.8 Å². The summed E-state index contributed by atoms with van der Waals surface area (Å²) in [5.74, 6) is -2.24. The number of amides is 1. The predicted molar refractivity (Wildman–Crippen MR) is 147 cm³/mol. The maximum atomic E-state index is 13.7. The number of carboxylic acid groups (broad SMARTS) is 1. The van der Waals surface area contributed by atoms with E-state index in [1.165, 1.54) is 12.3 Å². The maximum Gasteiger partial charge on any atom is 0.345 e. The number of aromatic amines is 1. The van der Waals surface area contributed by atoms with Crippen LogP contribution in [0.2, 0.25) is 0 Å². The molecule has 0 saturated carbocycles. The molecule has 1 amide bonds. The van der Waals surface area contributed by atoms with Gasteiger partial charge in [-0.1, -0.05) is 23.8 Å². The van der Waals surface area contributed by atoms with Gasteiger partial charge in [0.1, 0.15) is 6.29 Å². The fourth-order valence-corrected chi connectivity index (χ4v) is 6.82. The van der Waals surface area contributed by atoms with Crippen LogP contribution in [0.15, 0.2) is 41.4 Å². The van der Waals surface area contributed by atoms with Crippen LogP contribution < -0.4 is 26.0 Å². The molecule has 1 aliphatic heterocycles. The highest BCUT2D eigenvalue weighted by Gasteiger charge is 2.44. The summed E-state index contributed by atoms with van der Waals surface area (Å²) in [6, 6.07) is 8.35. The van der Waals surface area contributed by atoms with Gasteiger partial charge in [0.2, 0.25) is 15.7 Å². The second-order valence-corrected chi connectivity index (χ2v) is 11.5. The number of aliphatic carboxylic acids is 1. The number of sulfonamides is 1. The number of fused-ring (bicyclic) bond motifs is 1. The number of H-pyrrole nitrogens is 1. The molecule has 1 aromatic heterocycles. The van der Waals surface area contributed by atoms with Gasteiger partial charge in [-0.2, -0.15) is 9.82 Å². The zero-order chi connectivity index (χ0) is 28.2. The van der Waals surface area contributed by atoms with Crippen LogP contribution in [0.25, 0.3) is 10.9 Å². The topological polar surface area (TPSA) is 177 Å². The number of unbranched alkanes of at least 4 members (excludes halogenated alkanes) is 1. The van der Waals surface area contributed by atoms with Gasteiger partial charge in [-0.15, -0.1) is 0 Å². The Morgan fingerprint density at radius 3 is 2.46 bits per heavy atom. The van der Waals surface area contributed by atoms with Crippen LogP contribution in [-0.2, 0) is 14.8 Å². The lowest BCUT2D eigenvalue weighted by Gasteiger charge is -2.32. The lowest BCUT2D eigenvalue weighted by atomic mass is 10.0. The van der Waals surface area contributed by atoms with Gasteiger partial charge in [0, 0.05) is 18.5 Å². The molecule has 0 bridgehead atoms. The molecule has 2 aromatic carbocycles. The van der Waals surface area contributed by atoms with E-state index in [0.29, 0.717) is 41.4 Å². The first-order valence-corrected chi connectivity index (χ1v) is 14.3. The fourth-order valence-electron chi connectivity index (χ4n) is 5.05. The second kappa shape index (κ2) is 11.8. The number of aromatic nitrogens is 2. The van der Waals surface area contributed by atoms with Crippen molar-refractivity contribution in [1.82, 2.24) is 36.2 Å². The first-order valence-electron chi connectivity index (χ1n) is 12.8. The zero-order valence-electron chi connectivity index (χ0n) is 22.2. The Labute approximate surface area is 227 Å². The molecular weight excluding hydrogens is 522 g/mol. The monoisotopic (exact) mass is 557 g/mol. The highest BCUT2D eigenvalue weighted by Crippen LogP contribution is 2.25. The first-order chi connectivity index (χ1) is 18.5. The Balaban J connectivity index is 1.63. The summed E-state index contributed by atoms with van der Waals surface area (Å²) in [6.45, 7) is 7.42. The van der Waals surface area contributed by atoms with Crippen molar-refractivity contribution in [2.24, 2.45) is 0 Å². The maximum absolute atomic E-state index is 13.7. The van der Waals surface area contributed by atoms with E-state index in [1.54, 1.807) is 38.1 Å². The van der Waals surface area contributed by atoms with E-state index in [2.05, 4.69) is 36.2 Å². The number of hydrogen-bond acceptors (Lipinski definition) is 8. The molecule has 1 atom stereocenters. The Morgan fingerprint density at radius 1 is 1.10 bits per heavy atom. The molecule has 13 heteroatoms. The SMILES string of the molecule is Cc1cc(C)c(S(=O)(=O)NC(CCCCNC2NCCN2)(NC(=O)c2cccc3[nH]ncc23)C(=O)O)c(C)c1. The Morgan fingerprint density at radius 2 is 1.79 bits per heavy atom. The normalized spacial score (nSPS) is 15.9. The standard InChI is InChI=1S/C26H35N7O5S/c1-16-13-17(2)22(18(3)14-16)39(37,38)33-26(24(35)36,9-4-5-10-27-25-28-11-12-29-25)31-23(34)19-7-6-8-21-20(19)15-30-32-21/h6-8,13-15,25,27-29,33H,4-5,9-12H2,1-3H3,(H,30,32)(H,31,34)(H,35,36). The van der Waals surface area contributed by atoms with Gasteiger partial charge in [0.15, 0.2) is 0 Å². The van der Waals surface area contributed by atoms with E-state index in [4.69, 9.17) is 0 Å². The van der Waals surface area contributed by atoms with Gasteiger partial charge < -0.3 is 10.4 Å². The lowest BCUT2D eigenvalue weighted by molar-refractivity contribution is -0.145. The molecule has 1 aliphatic rings. The summed E-state index contributed by atoms with van der Waals surface area (Å²) >= 11 is 0. The minimum absolute atomic E-state index is 0.00930. The average molecular weight is 558 g/mol. The number of hydrogen-bond donors (Lipinski definition) is 7. The third kappa shape index (κ3) is 6.45. The second-order valence-electron chi connectivity index (χ2n) is 9.89. The molecule has 39 heavy (non-hydrogen) atoms. The Hall–Kier alpha value is -3.36. The van der Waals surface area contributed by atoms with E-state index in [-0.39, 0.29) is 23.2 Å². The van der Waals surface area contributed by atoms with E-state index < -0.39 is 27.6 Å². The van der Waals surface area contributed by atoms with Crippen molar-refractivity contribution in [3.63, 3.8) is 0 Å². The first kappa shape index (κ1) is 28.6. The third-order valence-electron chi connectivity index (χ3n) is 6.75. The molecule has 2 heterocycles. The minimum Gasteiger partial charge on any atom is -0.478 e. The molecule has 210 valence electrons. The quantitative estimate of drug-likeness (QED) is 0.127. The van der Waals surface area contributed by atoms with Crippen molar-refractivity contribution >= 4 is 32.8 Å². The average Bonchev–Trinajstić information content (AvgIpc) is 3.54. The van der Waals surface area contributed by atoms with Crippen molar-refractivity contribution in [3.05, 3.63) is 58.8 Å². The number of nitrogens with one attached hydrogen (secondary N) is 6. The van der Waals surface area contributed by atoms with Crippen LogP contribution in [0.4, 0.5) is 0 Å². The fraction of sp³-hybridized carbons (Fsp3) is 0.423. The van der Waals surface area contributed by atoms with E-state index in [0.717, 1.165) is 18.7 Å². The molecule has 3 aromatic rings. The number of rotatable bonds is 12. The number of carbonyl (C=O) groups is 2. The van der Waals surface area contributed by atoms with Crippen LogP contribution in [0.3, 0.4) is 0 Å². The van der Waals surface area contributed by atoms with E-state index in [1.807, 2.05) is 6.92 Å². The molecule has 0 radical (unpaired) electrons. The molecule has 1 fully saturated rings. The molecule has 12 nitrogen and oxygen atoms in total. The predicted octanol–water partition coefficient (Wildman–Crippen LogP) is 1.21. The number of carboxylic acids is 1. The van der Waals surface area contributed by atoms with Crippen molar-refractivity contribution in [1.29, 1.82) is 0 Å². The summed E-state index contributed by atoms with van der Waals surface area (Å²) in [5.41, 5.74) is 0.317. The molecule has 4 rings (SSSR count). The lowest BCUT2D eigenvalue weighted by Crippen LogP contribution is -2.65. The van der Waals surface area contributed by atoms with Gasteiger partial charge >= 0.3 is 5.97 Å². The van der Waals surface area contributed by atoms with Crippen molar-refractivity contribution < 1.29 is 23.1 Å². The molecule has 1 unspecified atom stereocenters. The van der Waals surface area contributed by atoms with Crippen molar-refractivity contribution in [2.45, 2.75) is 56.9 Å². The van der Waals surface area contributed by atoms with Crippen molar-refractivity contribution in [3.8, 4) is 0 Å². The Bertz CT molecular complexity index is 1440. The van der Waals surface area contributed by atoms with Crippen LogP contribution in [-0.4, -0.2) is 67.2 Å². The molecule has 0 spiro atoms. The minimum atomic E-state index is -4.36. The molecule has 0 aliphatic carbocycles. The number of aryl methyl sites for hydroxylation is 3. The van der Waals surface area contributed by atoms with Gasteiger partial charge in [0.05, 0.1) is 22.2 Å². The highest BCUT2D eigenvalue weighted by atomic mass is 32.2. The van der Waals surface area contributed by atoms with Crippen LogP contribution in [0, 0.1) is 20.8 Å². The van der Waals surface area contributed by atoms with Crippen LogP contribution in [0.5, 0.6) is 0 Å². The smallest absolute Gasteiger partial charge is 0.345 e. The van der Waals surface area contributed by atoms with Gasteiger partial charge in [0.25, 0.3) is 5.91 Å². The number of benzene rings is 2. The summed E-state index contributed by atoms with van der Waals surface area (Å²) in [7, 11) is -4.36. The summed E-state index contributed by atoms with van der Waals surface area (Å²) in [6.07, 6.45) is 2.12. The zero-order valence-corrected chi connectivity index (χ0v) is 23.0. The van der Waals surface area contributed by atoms with Crippen LogP contribution >= 0.6 is 0 Å². The van der Waals surface area contributed by atoms with E-state index >= 15 is 0 Å². The molecule has 1 saturated heterocycles. The Kier molecular flexibility index (Phi) is 8.67. The van der Waals surface area contributed by atoms with Crippen molar-refractivity contribution in [2.75, 3.05) is 19.6 Å². The molecule has 7 N–H and O–H groups in total. The summed E-state index contributed by atoms with van der Waals surface area (Å²) in [4.78, 5) is 26.3. The van der Waals surface area contributed by atoms with Gasteiger partial charge in [-0.25, -0.2) is 13.2 Å². The summed E-state index contributed by atoms with van der Waals surface area (Å²) < 4.78 is 29.7. The largest absolute Gasteiger partial charge is 0.478 e. The third-order valence-corrected chi connectivity index (χ3v) is 8.55.